The van der Waals surface area contributed by atoms with Gasteiger partial charge in [0.15, 0.2) is 0 Å². The zero-order valence-electron chi connectivity index (χ0n) is 10.6. The van der Waals surface area contributed by atoms with E-state index in [0.29, 0.717) is 0 Å². The van der Waals surface area contributed by atoms with Crippen molar-refractivity contribution >= 4 is 0 Å². The molecule has 0 N–H and O–H groups in total. The minimum atomic E-state index is 0.884. The third-order valence-corrected chi connectivity index (χ3v) is 1.63. The third-order valence-electron chi connectivity index (χ3n) is 1.63. The first-order chi connectivity index (χ1) is 5.54. The summed E-state index contributed by atoms with van der Waals surface area (Å²) in [7, 11) is 0. The molecule has 0 fully saturated rings. The average Bonchev–Trinajstić information content (AvgIpc) is 2.09. The first kappa shape index (κ1) is 17.9. The normalized spacial score (nSPS) is 8.50. The van der Waals surface area contributed by atoms with Crippen LogP contribution in [0.5, 0.6) is 0 Å². The number of rotatable bonds is 2. The molecule has 0 aliphatic carbocycles. The van der Waals surface area contributed by atoms with Gasteiger partial charge in [-0.25, -0.2) is 0 Å². The highest BCUT2D eigenvalue weighted by Crippen LogP contribution is 1.94. The quantitative estimate of drug-likeness (QED) is 0.544. The second-order valence-corrected chi connectivity index (χ2v) is 3.60. The Morgan fingerprint density at radius 3 is 0.750 bits per heavy atom. The summed E-state index contributed by atoms with van der Waals surface area (Å²) in [4.78, 5) is 0. The van der Waals surface area contributed by atoms with Crippen LogP contribution in [-0.2, 0) is 0 Å². The molecule has 0 nitrogen and oxygen atoms in total. The van der Waals surface area contributed by atoms with Crippen molar-refractivity contribution in [1.29, 1.82) is 0 Å². The standard InChI is InChI=1S/2C5H12.C2H6/c2*1-4-5(2)3;1-2/h2*5H,4H2,1-3H3;1-2H3. The van der Waals surface area contributed by atoms with Crippen molar-refractivity contribution in [3.8, 4) is 0 Å². The Kier molecular flexibility index (Phi) is 25.7. The first-order valence-corrected chi connectivity index (χ1v) is 5.54. The van der Waals surface area contributed by atoms with Crippen LogP contribution in [0.1, 0.15) is 68.2 Å². The second-order valence-electron chi connectivity index (χ2n) is 3.60. The summed E-state index contributed by atoms with van der Waals surface area (Å²) in [5.41, 5.74) is 0. The van der Waals surface area contributed by atoms with Crippen LogP contribution in [0.25, 0.3) is 0 Å². The Morgan fingerprint density at radius 1 is 0.667 bits per heavy atom. The van der Waals surface area contributed by atoms with Crippen molar-refractivity contribution in [2.75, 3.05) is 0 Å². The number of hydrogen-bond acceptors (Lipinski definition) is 0. The molecule has 0 bridgehead atoms. The molecule has 0 saturated carbocycles. The SMILES string of the molecule is CC.CCC(C)C.CCC(C)C. The molecule has 0 atom stereocenters. The topological polar surface area (TPSA) is 0 Å². The zero-order chi connectivity index (χ0) is 10.6. The maximum absolute atomic E-state index is 2.22. The van der Waals surface area contributed by atoms with Gasteiger partial charge in [-0.05, 0) is 11.8 Å². The van der Waals surface area contributed by atoms with Crippen molar-refractivity contribution in [2.24, 2.45) is 11.8 Å². The van der Waals surface area contributed by atoms with Crippen LogP contribution in [0.15, 0.2) is 0 Å². The van der Waals surface area contributed by atoms with E-state index in [2.05, 4.69) is 41.5 Å². The van der Waals surface area contributed by atoms with Gasteiger partial charge in [0.1, 0.15) is 0 Å². The highest BCUT2D eigenvalue weighted by Gasteiger charge is 1.80. The van der Waals surface area contributed by atoms with E-state index in [4.69, 9.17) is 0 Å². The molecular weight excluding hydrogens is 144 g/mol. The fourth-order valence-corrected chi connectivity index (χ4v) is 0. The van der Waals surface area contributed by atoms with Gasteiger partial charge in [0.25, 0.3) is 0 Å². The molecule has 0 spiro atoms. The van der Waals surface area contributed by atoms with E-state index >= 15 is 0 Å². The molecule has 0 aromatic rings. The Labute approximate surface area is 80.8 Å². The molecule has 0 unspecified atom stereocenters. The van der Waals surface area contributed by atoms with E-state index in [9.17, 15) is 0 Å². The summed E-state index contributed by atoms with van der Waals surface area (Å²) in [6.45, 7) is 17.3. The molecule has 0 aromatic heterocycles. The predicted molar refractivity (Wildman–Crippen MR) is 61.6 cm³/mol. The molecule has 12 heavy (non-hydrogen) atoms. The summed E-state index contributed by atoms with van der Waals surface area (Å²) in [5.74, 6) is 1.77. The van der Waals surface area contributed by atoms with Crippen LogP contribution in [-0.4, -0.2) is 0 Å². The van der Waals surface area contributed by atoms with Crippen LogP contribution in [0, 0.1) is 11.8 Å². The van der Waals surface area contributed by atoms with Gasteiger partial charge in [0.05, 0.1) is 0 Å². The second kappa shape index (κ2) is 17.2. The molecular formula is C12H30. The van der Waals surface area contributed by atoms with E-state index < -0.39 is 0 Å². The molecule has 0 heteroatoms. The summed E-state index contributed by atoms with van der Waals surface area (Å²) in [6, 6.07) is 0. The van der Waals surface area contributed by atoms with E-state index in [1.54, 1.807) is 0 Å². The van der Waals surface area contributed by atoms with Gasteiger partial charge in [-0.2, -0.15) is 0 Å². The predicted octanol–water partition coefficient (Wildman–Crippen LogP) is 5.13. The highest BCUT2D eigenvalue weighted by molar-refractivity contribution is 4.33. The summed E-state index contributed by atoms with van der Waals surface area (Å²) >= 11 is 0. The zero-order valence-corrected chi connectivity index (χ0v) is 10.6. The third kappa shape index (κ3) is 50.6. The summed E-state index contributed by atoms with van der Waals surface area (Å²) in [6.07, 6.45) is 2.61. The van der Waals surface area contributed by atoms with Gasteiger partial charge in [-0.3, -0.25) is 0 Å². The lowest BCUT2D eigenvalue weighted by Gasteiger charge is -1.90. The Hall–Kier alpha value is 0. The highest BCUT2D eigenvalue weighted by atomic mass is 13.9. The molecule has 0 aliphatic rings. The Bertz CT molecular complexity index is 36.0. The van der Waals surface area contributed by atoms with Crippen molar-refractivity contribution in [3.63, 3.8) is 0 Å². The van der Waals surface area contributed by atoms with Gasteiger partial charge in [-0.15, -0.1) is 0 Å². The maximum Gasteiger partial charge on any atom is -0.0474 e. The molecule has 0 aliphatic heterocycles. The molecule has 0 saturated heterocycles. The smallest absolute Gasteiger partial charge is 0.0474 e. The Morgan fingerprint density at radius 2 is 0.750 bits per heavy atom. The van der Waals surface area contributed by atoms with Crippen LogP contribution in [0.2, 0.25) is 0 Å². The van der Waals surface area contributed by atoms with Crippen LogP contribution < -0.4 is 0 Å². The van der Waals surface area contributed by atoms with Gasteiger partial charge < -0.3 is 0 Å². The molecule has 0 aromatic carbocycles. The van der Waals surface area contributed by atoms with Gasteiger partial charge >= 0.3 is 0 Å². The minimum Gasteiger partial charge on any atom is -0.0683 e. The van der Waals surface area contributed by atoms with Crippen molar-refractivity contribution < 1.29 is 0 Å². The van der Waals surface area contributed by atoms with E-state index in [0.717, 1.165) is 11.8 Å². The molecule has 0 radical (unpaired) electrons. The average molecular weight is 174 g/mol. The Balaban J connectivity index is -0.000000112. The fraction of sp³-hybridized carbons (Fsp3) is 1.00. The number of hydrogen-bond donors (Lipinski definition) is 0. The van der Waals surface area contributed by atoms with Crippen LogP contribution in [0.4, 0.5) is 0 Å². The summed E-state index contributed by atoms with van der Waals surface area (Å²) < 4.78 is 0. The maximum atomic E-state index is 2.22. The van der Waals surface area contributed by atoms with Crippen molar-refractivity contribution in [1.82, 2.24) is 0 Å². The lowest BCUT2D eigenvalue weighted by molar-refractivity contribution is 0.626. The molecule has 0 heterocycles. The van der Waals surface area contributed by atoms with Crippen molar-refractivity contribution in [3.05, 3.63) is 0 Å². The molecule has 78 valence electrons. The lowest BCUT2D eigenvalue weighted by atomic mass is 10.2. The molecule has 0 rings (SSSR count). The van der Waals surface area contributed by atoms with E-state index in [1.165, 1.54) is 12.8 Å². The van der Waals surface area contributed by atoms with Crippen LogP contribution >= 0.6 is 0 Å². The van der Waals surface area contributed by atoms with Crippen molar-refractivity contribution in [2.45, 2.75) is 68.2 Å². The summed E-state index contributed by atoms with van der Waals surface area (Å²) in [5, 5.41) is 0. The van der Waals surface area contributed by atoms with Gasteiger partial charge in [-0.1, -0.05) is 68.2 Å². The van der Waals surface area contributed by atoms with E-state index in [1.807, 2.05) is 13.8 Å². The first-order valence-electron chi connectivity index (χ1n) is 5.54. The fourth-order valence-electron chi connectivity index (χ4n) is 0. The molecule has 0 amide bonds. The lowest BCUT2D eigenvalue weighted by Crippen LogP contribution is -1.77. The van der Waals surface area contributed by atoms with Gasteiger partial charge in [0, 0.05) is 0 Å². The minimum absolute atomic E-state index is 0.884. The van der Waals surface area contributed by atoms with Crippen LogP contribution in [0.3, 0.4) is 0 Å². The monoisotopic (exact) mass is 174 g/mol. The van der Waals surface area contributed by atoms with E-state index in [-0.39, 0.29) is 0 Å². The largest absolute Gasteiger partial charge is 0.0683 e. The van der Waals surface area contributed by atoms with Gasteiger partial charge in [0.2, 0.25) is 0 Å².